The van der Waals surface area contributed by atoms with Crippen molar-refractivity contribution >= 4 is 5.69 Å². The van der Waals surface area contributed by atoms with Gasteiger partial charge in [0.1, 0.15) is 5.75 Å². The Bertz CT molecular complexity index is 412. The van der Waals surface area contributed by atoms with Crippen molar-refractivity contribution in [2.75, 3.05) is 51.3 Å². The number of methoxy groups -OCH3 is 1. The number of rotatable bonds is 5. The quantitative estimate of drug-likeness (QED) is 0.823. The van der Waals surface area contributed by atoms with Crippen molar-refractivity contribution in [2.45, 2.75) is 12.5 Å². The number of aliphatic hydroxyl groups excluding tert-OH is 1. The smallest absolute Gasteiger partial charge is 0.119 e. The van der Waals surface area contributed by atoms with Crippen LogP contribution in [-0.4, -0.2) is 62.0 Å². The molecular weight excluding hydrogens is 254 g/mol. The summed E-state index contributed by atoms with van der Waals surface area (Å²) in [7, 11) is 1.68. The minimum absolute atomic E-state index is 0.0195. The highest BCUT2D eigenvalue weighted by atomic mass is 16.5. The number of anilines is 1. The van der Waals surface area contributed by atoms with Crippen LogP contribution in [0, 0.1) is 0 Å². The fourth-order valence-electron chi connectivity index (χ4n) is 2.52. The summed E-state index contributed by atoms with van der Waals surface area (Å²) in [5.74, 6) is 0.884. The summed E-state index contributed by atoms with van der Waals surface area (Å²) in [5, 5.41) is 9.23. The topological polar surface area (TPSA) is 62.0 Å². The molecule has 1 aromatic carbocycles. The number of benzene rings is 1. The number of hydrogen-bond donors (Lipinski definition) is 2. The first-order valence-corrected chi connectivity index (χ1v) is 7.05. The minimum atomic E-state index is -0.512. The van der Waals surface area contributed by atoms with Crippen LogP contribution >= 0.6 is 0 Å². The van der Waals surface area contributed by atoms with Gasteiger partial charge in [-0.15, -0.1) is 0 Å². The standard InChI is InChI=1S/C15H25N3O2/c1-15(16,12-19)11-17-7-9-18(10-8-17)13-3-5-14(20-2)6-4-13/h3-6,19H,7-12,16H2,1-2H3. The Hall–Kier alpha value is -1.30. The lowest BCUT2D eigenvalue weighted by Crippen LogP contribution is -2.55. The lowest BCUT2D eigenvalue weighted by molar-refractivity contribution is 0.143. The number of piperazine rings is 1. The molecule has 112 valence electrons. The van der Waals surface area contributed by atoms with Crippen LogP contribution in [0.3, 0.4) is 0 Å². The second-order valence-electron chi connectivity index (χ2n) is 5.77. The summed E-state index contributed by atoms with van der Waals surface area (Å²) >= 11 is 0. The van der Waals surface area contributed by atoms with Gasteiger partial charge in [0.2, 0.25) is 0 Å². The molecule has 1 saturated heterocycles. The summed E-state index contributed by atoms with van der Waals surface area (Å²) in [6.07, 6.45) is 0. The molecule has 1 aromatic rings. The molecule has 1 aliphatic rings. The molecule has 0 radical (unpaired) electrons. The average Bonchev–Trinajstić information content (AvgIpc) is 2.48. The molecule has 2 rings (SSSR count). The summed E-state index contributed by atoms with van der Waals surface area (Å²) in [4.78, 5) is 4.68. The Morgan fingerprint density at radius 3 is 2.30 bits per heavy atom. The van der Waals surface area contributed by atoms with Gasteiger partial charge >= 0.3 is 0 Å². The van der Waals surface area contributed by atoms with E-state index < -0.39 is 5.54 Å². The van der Waals surface area contributed by atoms with E-state index in [9.17, 15) is 5.11 Å². The molecule has 1 atom stereocenters. The molecule has 1 aliphatic heterocycles. The number of ether oxygens (including phenoxy) is 1. The summed E-state index contributed by atoms with van der Waals surface area (Å²) in [6.45, 7) is 6.55. The van der Waals surface area contributed by atoms with Crippen molar-refractivity contribution in [1.82, 2.24) is 4.90 Å². The van der Waals surface area contributed by atoms with E-state index in [0.717, 1.165) is 38.5 Å². The second-order valence-corrected chi connectivity index (χ2v) is 5.77. The fraction of sp³-hybridized carbons (Fsp3) is 0.600. The molecule has 0 aliphatic carbocycles. The molecule has 0 spiro atoms. The van der Waals surface area contributed by atoms with Crippen molar-refractivity contribution in [3.63, 3.8) is 0 Å². The van der Waals surface area contributed by atoms with Gasteiger partial charge in [0.05, 0.1) is 13.7 Å². The summed E-state index contributed by atoms with van der Waals surface area (Å²) in [5.41, 5.74) is 6.72. The molecule has 0 saturated carbocycles. The van der Waals surface area contributed by atoms with Crippen LogP contribution in [0.15, 0.2) is 24.3 Å². The first-order valence-electron chi connectivity index (χ1n) is 7.05. The van der Waals surface area contributed by atoms with Gasteiger partial charge in [0, 0.05) is 44.0 Å². The van der Waals surface area contributed by atoms with E-state index in [1.165, 1.54) is 5.69 Å². The van der Waals surface area contributed by atoms with E-state index in [1.807, 2.05) is 19.1 Å². The molecule has 0 amide bonds. The van der Waals surface area contributed by atoms with Crippen LogP contribution in [0.5, 0.6) is 5.75 Å². The second kappa shape index (κ2) is 6.43. The zero-order valence-electron chi connectivity index (χ0n) is 12.4. The molecule has 1 heterocycles. The maximum atomic E-state index is 9.23. The van der Waals surface area contributed by atoms with Crippen molar-refractivity contribution in [1.29, 1.82) is 0 Å². The molecule has 20 heavy (non-hydrogen) atoms. The van der Waals surface area contributed by atoms with Gasteiger partial charge in [-0.05, 0) is 31.2 Å². The number of nitrogens with zero attached hydrogens (tertiary/aromatic N) is 2. The molecule has 3 N–H and O–H groups in total. The van der Waals surface area contributed by atoms with Gasteiger partial charge in [-0.3, -0.25) is 4.90 Å². The highest BCUT2D eigenvalue weighted by Crippen LogP contribution is 2.20. The zero-order valence-corrected chi connectivity index (χ0v) is 12.4. The molecule has 0 aromatic heterocycles. The highest BCUT2D eigenvalue weighted by molar-refractivity contribution is 5.49. The average molecular weight is 279 g/mol. The molecule has 1 unspecified atom stereocenters. The molecule has 0 bridgehead atoms. The van der Waals surface area contributed by atoms with Crippen molar-refractivity contribution < 1.29 is 9.84 Å². The maximum Gasteiger partial charge on any atom is 0.119 e. The van der Waals surface area contributed by atoms with Gasteiger partial charge in [0.15, 0.2) is 0 Å². The van der Waals surface area contributed by atoms with Crippen LogP contribution in [0.25, 0.3) is 0 Å². The predicted molar refractivity (Wildman–Crippen MR) is 81.3 cm³/mol. The van der Waals surface area contributed by atoms with Gasteiger partial charge in [-0.25, -0.2) is 0 Å². The minimum Gasteiger partial charge on any atom is -0.497 e. The summed E-state index contributed by atoms with van der Waals surface area (Å²) < 4.78 is 5.18. The first-order chi connectivity index (χ1) is 9.54. The van der Waals surface area contributed by atoms with Crippen LogP contribution in [0.2, 0.25) is 0 Å². The fourth-order valence-corrected chi connectivity index (χ4v) is 2.52. The van der Waals surface area contributed by atoms with Crippen molar-refractivity contribution in [3.8, 4) is 5.75 Å². The highest BCUT2D eigenvalue weighted by Gasteiger charge is 2.24. The van der Waals surface area contributed by atoms with Gasteiger partial charge in [-0.2, -0.15) is 0 Å². The van der Waals surface area contributed by atoms with Crippen LogP contribution in [-0.2, 0) is 0 Å². The molecule has 5 nitrogen and oxygen atoms in total. The zero-order chi connectivity index (χ0) is 14.6. The van der Waals surface area contributed by atoms with Gasteiger partial charge in [-0.1, -0.05) is 0 Å². The Morgan fingerprint density at radius 1 is 1.20 bits per heavy atom. The SMILES string of the molecule is COc1ccc(N2CCN(CC(C)(N)CO)CC2)cc1. The summed E-state index contributed by atoms with van der Waals surface area (Å²) in [6, 6.07) is 8.17. The Labute approximate surface area is 120 Å². The third-order valence-corrected chi connectivity index (χ3v) is 3.76. The van der Waals surface area contributed by atoms with E-state index in [-0.39, 0.29) is 6.61 Å². The van der Waals surface area contributed by atoms with E-state index in [1.54, 1.807) is 7.11 Å². The third-order valence-electron chi connectivity index (χ3n) is 3.76. The molecule has 5 heteroatoms. The maximum absolute atomic E-state index is 9.23. The number of hydrogen-bond acceptors (Lipinski definition) is 5. The van der Waals surface area contributed by atoms with E-state index in [2.05, 4.69) is 21.9 Å². The normalized spacial score (nSPS) is 19.7. The van der Waals surface area contributed by atoms with Crippen molar-refractivity contribution in [2.24, 2.45) is 5.73 Å². The monoisotopic (exact) mass is 279 g/mol. The largest absolute Gasteiger partial charge is 0.497 e. The van der Waals surface area contributed by atoms with Crippen molar-refractivity contribution in [3.05, 3.63) is 24.3 Å². The van der Waals surface area contributed by atoms with Crippen LogP contribution in [0.4, 0.5) is 5.69 Å². The molecule has 1 fully saturated rings. The van der Waals surface area contributed by atoms with E-state index in [4.69, 9.17) is 10.5 Å². The predicted octanol–water partition coefficient (Wildman–Crippen LogP) is 0.527. The van der Waals surface area contributed by atoms with Crippen LogP contribution < -0.4 is 15.4 Å². The molecular formula is C15H25N3O2. The van der Waals surface area contributed by atoms with Crippen LogP contribution in [0.1, 0.15) is 6.92 Å². The Kier molecular flexibility index (Phi) is 4.86. The third kappa shape index (κ3) is 3.85. The lowest BCUT2D eigenvalue weighted by atomic mass is 10.0. The lowest BCUT2D eigenvalue weighted by Gasteiger charge is -2.39. The first kappa shape index (κ1) is 15.1. The van der Waals surface area contributed by atoms with E-state index in [0.29, 0.717) is 0 Å². The number of aliphatic hydroxyl groups is 1. The van der Waals surface area contributed by atoms with Gasteiger partial charge < -0.3 is 20.5 Å². The van der Waals surface area contributed by atoms with Gasteiger partial charge in [0.25, 0.3) is 0 Å². The van der Waals surface area contributed by atoms with E-state index >= 15 is 0 Å². The number of nitrogens with two attached hydrogens (primary N) is 1. The Morgan fingerprint density at radius 2 is 1.80 bits per heavy atom. The Balaban J connectivity index is 1.87.